The summed E-state index contributed by atoms with van der Waals surface area (Å²) in [6.45, 7) is 2.56. The molecule has 7 heteroatoms. The van der Waals surface area contributed by atoms with Crippen molar-refractivity contribution in [1.82, 2.24) is 8.61 Å². The number of hydrogen-bond acceptors (Lipinski definition) is 3. The summed E-state index contributed by atoms with van der Waals surface area (Å²) in [7, 11) is -3.26. The van der Waals surface area contributed by atoms with Gasteiger partial charge in [-0.05, 0) is 30.9 Å². The van der Waals surface area contributed by atoms with E-state index in [-0.39, 0.29) is 0 Å². The van der Waals surface area contributed by atoms with Gasteiger partial charge in [-0.3, -0.25) is 0 Å². The summed E-state index contributed by atoms with van der Waals surface area (Å²) in [5, 5.41) is 0. The molecule has 106 valence electrons. The van der Waals surface area contributed by atoms with Gasteiger partial charge in [0.25, 0.3) is 10.2 Å². The van der Waals surface area contributed by atoms with Gasteiger partial charge in [-0.1, -0.05) is 0 Å². The fourth-order valence-corrected chi connectivity index (χ4v) is 5.50. The number of rotatable bonds is 3. The van der Waals surface area contributed by atoms with Gasteiger partial charge in [-0.15, -0.1) is 11.6 Å². The molecule has 0 radical (unpaired) electrons. The van der Waals surface area contributed by atoms with Crippen molar-refractivity contribution in [1.29, 1.82) is 0 Å². The fraction of sp³-hybridized carbons (Fsp3) is 1.00. The van der Waals surface area contributed by atoms with E-state index >= 15 is 0 Å². The summed E-state index contributed by atoms with van der Waals surface area (Å²) >= 11 is 7.71. The molecule has 0 aromatic heterocycles. The Morgan fingerprint density at radius 3 is 2.67 bits per heavy atom. The first kappa shape index (κ1) is 14.9. The Morgan fingerprint density at radius 2 is 1.89 bits per heavy atom. The summed E-state index contributed by atoms with van der Waals surface area (Å²) in [6, 6.07) is 0. The molecule has 0 N–H and O–H groups in total. The number of hydrogen-bond donors (Lipinski definition) is 0. The van der Waals surface area contributed by atoms with Gasteiger partial charge in [0.05, 0.1) is 0 Å². The van der Waals surface area contributed by atoms with Crippen LogP contribution in [0, 0.1) is 5.92 Å². The van der Waals surface area contributed by atoms with Crippen LogP contribution in [0.25, 0.3) is 0 Å². The first-order valence-electron chi connectivity index (χ1n) is 6.53. The predicted octanol–water partition coefficient (Wildman–Crippen LogP) is 1.62. The van der Waals surface area contributed by atoms with Crippen LogP contribution in [-0.2, 0) is 10.2 Å². The second kappa shape index (κ2) is 6.79. The molecule has 1 atom stereocenters. The van der Waals surface area contributed by atoms with E-state index in [1.807, 2.05) is 11.8 Å². The van der Waals surface area contributed by atoms with E-state index in [1.165, 1.54) is 0 Å². The zero-order valence-corrected chi connectivity index (χ0v) is 12.9. The minimum absolute atomic E-state index is 0.316. The van der Waals surface area contributed by atoms with Crippen molar-refractivity contribution in [3.8, 4) is 0 Å². The summed E-state index contributed by atoms with van der Waals surface area (Å²) in [6.07, 6.45) is 2.93. The molecule has 0 bridgehead atoms. The number of nitrogens with zero attached hydrogens (tertiary/aromatic N) is 2. The maximum Gasteiger partial charge on any atom is 0.282 e. The van der Waals surface area contributed by atoms with Gasteiger partial charge in [-0.2, -0.15) is 28.8 Å². The van der Waals surface area contributed by atoms with E-state index in [9.17, 15) is 8.42 Å². The molecule has 2 saturated heterocycles. The Hall–Kier alpha value is 0.510. The predicted molar refractivity (Wildman–Crippen MR) is 77.5 cm³/mol. The Labute approximate surface area is 119 Å². The number of halogens is 1. The molecule has 18 heavy (non-hydrogen) atoms. The zero-order chi connectivity index (χ0) is 13.0. The third-order valence-electron chi connectivity index (χ3n) is 3.53. The molecule has 0 aromatic carbocycles. The van der Waals surface area contributed by atoms with E-state index in [2.05, 4.69) is 0 Å². The molecule has 2 aliphatic rings. The zero-order valence-electron chi connectivity index (χ0n) is 10.6. The van der Waals surface area contributed by atoms with Gasteiger partial charge >= 0.3 is 0 Å². The summed E-state index contributed by atoms with van der Waals surface area (Å²) in [5.74, 6) is 2.85. The minimum Gasteiger partial charge on any atom is -0.195 e. The molecule has 0 aliphatic carbocycles. The lowest BCUT2D eigenvalue weighted by Crippen LogP contribution is -2.48. The molecular weight excluding hydrogens is 292 g/mol. The van der Waals surface area contributed by atoms with Crippen LogP contribution in [0.5, 0.6) is 0 Å². The Balaban J connectivity index is 2.04. The van der Waals surface area contributed by atoms with Gasteiger partial charge in [0.1, 0.15) is 0 Å². The second-order valence-electron chi connectivity index (χ2n) is 4.89. The van der Waals surface area contributed by atoms with Crippen LogP contribution in [0.1, 0.15) is 19.3 Å². The second-order valence-corrected chi connectivity index (χ2v) is 8.36. The molecule has 2 rings (SSSR count). The van der Waals surface area contributed by atoms with Crippen molar-refractivity contribution in [2.24, 2.45) is 5.92 Å². The van der Waals surface area contributed by atoms with Crippen LogP contribution in [-0.4, -0.2) is 60.6 Å². The third-order valence-corrected chi connectivity index (χ3v) is 7.02. The van der Waals surface area contributed by atoms with Gasteiger partial charge in [0.2, 0.25) is 0 Å². The molecule has 0 aromatic rings. The number of alkyl halides is 1. The summed E-state index contributed by atoms with van der Waals surface area (Å²) in [5.41, 5.74) is 0. The van der Waals surface area contributed by atoms with E-state index in [4.69, 9.17) is 11.6 Å². The quantitative estimate of drug-likeness (QED) is 0.744. The van der Waals surface area contributed by atoms with Crippen molar-refractivity contribution in [2.75, 3.05) is 43.6 Å². The number of piperidine rings is 1. The largest absolute Gasteiger partial charge is 0.282 e. The van der Waals surface area contributed by atoms with Crippen LogP contribution in [0.15, 0.2) is 0 Å². The van der Waals surface area contributed by atoms with E-state index in [0.29, 0.717) is 38.0 Å². The molecule has 0 spiro atoms. The first-order valence-corrected chi connectivity index (χ1v) is 9.62. The van der Waals surface area contributed by atoms with Crippen molar-refractivity contribution < 1.29 is 8.42 Å². The Morgan fingerprint density at radius 1 is 1.11 bits per heavy atom. The highest BCUT2D eigenvalue weighted by Gasteiger charge is 2.33. The van der Waals surface area contributed by atoms with Gasteiger partial charge in [-0.25, -0.2) is 0 Å². The van der Waals surface area contributed by atoms with Gasteiger partial charge < -0.3 is 0 Å². The first-order chi connectivity index (χ1) is 8.64. The lowest BCUT2D eigenvalue weighted by atomic mass is 10.0. The number of thioether (sulfide) groups is 1. The highest BCUT2D eigenvalue weighted by molar-refractivity contribution is 7.99. The van der Waals surface area contributed by atoms with Crippen molar-refractivity contribution in [3.63, 3.8) is 0 Å². The lowest BCUT2D eigenvalue weighted by molar-refractivity contribution is 0.261. The van der Waals surface area contributed by atoms with Crippen LogP contribution >= 0.6 is 23.4 Å². The van der Waals surface area contributed by atoms with E-state index in [0.717, 1.165) is 30.8 Å². The Bertz CT molecular complexity index is 356. The third kappa shape index (κ3) is 3.54. The van der Waals surface area contributed by atoms with Gasteiger partial charge in [0.15, 0.2) is 0 Å². The van der Waals surface area contributed by atoms with Crippen LogP contribution in [0.3, 0.4) is 0 Å². The lowest BCUT2D eigenvalue weighted by Gasteiger charge is -2.34. The molecule has 0 saturated carbocycles. The van der Waals surface area contributed by atoms with Gasteiger partial charge in [0, 0.05) is 37.8 Å². The fourth-order valence-electron chi connectivity index (χ4n) is 2.48. The maximum absolute atomic E-state index is 12.6. The molecule has 2 aliphatic heterocycles. The highest BCUT2D eigenvalue weighted by Crippen LogP contribution is 2.23. The monoisotopic (exact) mass is 312 g/mol. The summed E-state index contributed by atoms with van der Waals surface area (Å²) in [4.78, 5) is 0. The molecule has 1 unspecified atom stereocenters. The highest BCUT2D eigenvalue weighted by atomic mass is 35.5. The van der Waals surface area contributed by atoms with E-state index in [1.54, 1.807) is 8.61 Å². The standard InChI is InChI=1S/C11H21ClN2O2S2/c12-9-11-3-1-4-14(10-11)18(15,16)13-5-2-7-17-8-6-13/h11H,1-10H2. The molecule has 2 heterocycles. The molecule has 0 amide bonds. The molecule has 2 fully saturated rings. The van der Waals surface area contributed by atoms with Crippen molar-refractivity contribution >= 4 is 33.6 Å². The van der Waals surface area contributed by atoms with E-state index < -0.39 is 10.2 Å². The average molecular weight is 313 g/mol. The summed E-state index contributed by atoms with van der Waals surface area (Å²) < 4.78 is 28.4. The van der Waals surface area contributed by atoms with Crippen molar-refractivity contribution in [2.45, 2.75) is 19.3 Å². The van der Waals surface area contributed by atoms with Crippen LogP contribution < -0.4 is 0 Å². The SMILES string of the molecule is O=S(=O)(N1CCCSCC1)N1CCCC(CCl)C1. The topological polar surface area (TPSA) is 40.6 Å². The molecule has 4 nitrogen and oxygen atoms in total. The smallest absolute Gasteiger partial charge is 0.195 e. The maximum atomic E-state index is 12.6. The van der Waals surface area contributed by atoms with Crippen molar-refractivity contribution in [3.05, 3.63) is 0 Å². The average Bonchev–Trinajstić information content (AvgIpc) is 2.68. The van der Waals surface area contributed by atoms with Crippen LogP contribution in [0.2, 0.25) is 0 Å². The normalized spacial score (nSPS) is 29.1. The molecular formula is C11H21ClN2O2S2. The Kier molecular flexibility index (Phi) is 5.63. The minimum atomic E-state index is -3.26. The van der Waals surface area contributed by atoms with Crippen LogP contribution in [0.4, 0.5) is 0 Å².